The van der Waals surface area contributed by atoms with Crippen molar-refractivity contribution in [1.82, 2.24) is 19.5 Å². The van der Waals surface area contributed by atoms with E-state index in [1.165, 1.54) is 6.33 Å². The van der Waals surface area contributed by atoms with Crippen LogP contribution in [0.4, 0.5) is 5.82 Å². The fourth-order valence-corrected chi connectivity index (χ4v) is 5.75. The standard InChI is InChI=1S/C25H24N6/c1-2-19-20(17-13-16-5-3-4-6-18(16)28-14-17)21-22(26)29-15-30-23(21)31(19)25-10-7-24(27,8-11-25)9-12-25/h1,3-6,13-15H,7-12,27H2,(H2,26,29,30). The smallest absolute Gasteiger partial charge is 0.147 e. The minimum Gasteiger partial charge on any atom is -0.383 e. The zero-order valence-corrected chi connectivity index (χ0v) is 17.3. The third-order valence-electron chi connectivity index (χ3n) is 7.53. The maximum Gasteiger partial charge on any atom is 0.147 e. The van der Waals surface area contributed by atoms with Gasteiger partial charge in [-0.05, 0) is 50.7 Å². The van der Waals surface area contributed by atoms with E-state index >= 15 is 0 Å². The first-order chi connectivity index (χ1) is 15.0. The lowest BCUT2D eigenvalue weighted by Gasteiger charge is -2.52. The first kappa shape index (κ1) is 18.3. The zero-order chi connectivity index (χ0) is 21.2. The van der Waals surface area contributed by atoms with Crippen LogP contribution < -0.4 is 11.5 Å². The summed E-state index contributed by atoms with van der Waals surface area (Å²) in [6.45, 7) is 0. The number of hydrogen-bond donors (Lipinski definition) is 2. The van der Waals surface area contributed by atoms with Crippen molar-refractivity contribution >= 4 is 27.8 Å². The molecule has 0 unspecified atom stereocenters. The van der Waals surface area contributed by atoms with E-state index in [1.54, 1.807) is 0 Å². The molecule has 0 saturated heterocycles. The van der Waals surface area contributed by atoms with Gasteiger partial charge in [0.25, 0.3) is 0 Å². The van der Waals surface area contributed by atoms with Crippen molar-refractivity contribution < 1.29 is 0 Å². The van der Waals surface area contributed by atoms with Crippen molar-refractivity contribution in [2.24, 2.45) is 5.73 Å². The van der Waals surface area contributed by atoms with Crippen molar-refractivity contribution in [3.8, 4) is 23.5 Å². The van der Waals surface area contributed by atoms with Gasteiger partial charge in [0.05, 0.1) is 10.9 Å². The molecule has 3 saturated carbocycles. The van der Waals surface area contributed by atoms with Gasteiger partial charge in [-0.2, -0.15) is 0 Å². The van der Waals surface area contributed by atoms with Gasteiger partial charge in [-0.3, -0.25) is 4.98 Å². The fourth-order valence-electron chi connectivity index (χ4n) is 5.75. The van der Waals surface area contributed by atoms with E-state index in [2.05, 4.69) is 37.6 Å². The van der Waals surface area contributed by atoms with Gasteiger partial charge in [0.15, 0.2) is 0 Å². The first-order valence-electron chi connectivity index (χ1n) is 10.8. The molecular weight excluding hydrogens is 384 g/mol. The summed E-state index contributed by atoms with van der Waals surface area (Å²) >= 11 is 0. The average Bonchev–Trinajstić information content (AvgIpc) is 3.16. The number of nitrogen functional groups attached to an aromatic ring is 1. The Labute approximate surface area is 180 Å². The molecule has 2 bridgehead atoms. The summed E-state index contributed by atoms with van der Waals surface area (Å²) < 4.78 is 2.28. The second-order valence-electron chi connectivity index (χ2n) is 9.16. The number of nitrogens with two attached hydrogens (primary N) is 2. The van der Waals surface area contributed by atoms with Crippen LogP contribution in [0.1, 0.15) is 44.2 Å². The molecule has 3 aromatic heterocycles. The Bertz CT molecular complexity index is 1370. The molecule has 4 aromatic rings. The molecule has 31 heavy (non-hydrogen) atoms. The number of nitrogens with zero attached hydrogens (tertiary/aromatic N) is 4. The Kier molecular flexibility index (Phi) is 3.72. The number of aromatic nitrogens is 4. The largest absolute Gasteiger partial charge is 0.383 e. The number of para-hydroxylation sites is 1. The first-order valence-corrected chi connectivity index (χ1v) is 10.8. The highest BCUT2D eigenvalue weighted by molar-refractivity contribution is 6.04. The van der Waals surface area contributed by atoms with E-state index in [1.807, 2.05) is 24.4 Å². The Hall–Kier alpha value is -3.43. The number of rotatable bonds is 2. The van der Waals surface area contributed by atoms with E-state index in [4.69, 9.17) is 17.9 Å². The van der Waals surface area contributed by atoms with Crippen LogP contribution in [0, 0.1) is 12.3 Å². The highest BCUT2D eigenvalue weighted by Gasteiger charge is 2.49. The third kappa shape index (κ3) is 2.53. The van der Waals surface area contributed by atoms with Crippen molar-refractivity contribution in [3.05, 3.63) is 48.5 Å². The molecule has 3 aliphatic rings. The molecule has 1 aromatic carbocycles. The van der Waals surface area contributed by atoms with Crippen LogP contribution in [0.15, 0.2) is 42.9 Å². The van der Waals surface area contributed by atoms with Gasteiger partial charge < -0.3 is 16.0 Å². The number of benzene rings is 1. The molecule has 0 aliphatic heterocycles. The number of pyridine rings is 1. The highest BCUT2D eigenvalue weighted by atomic mass is 15.1. The molecule has 7 rings (SSSR count). The Morgan fingerprint density at radius 1 is 1.00 bits per heavy atom. The van der Waals surface area contributed by atoms with E-state index < -0.39 is 0 Å². The average molecular weight is 409 g/mol. The molecule has 3 aliphatic carbocycles. The number of anilines is 1. The van der Waals surface area contributed by atoms with Crippen LogP contribution in [0.5, 0.6) is 0 Å². The van der Waals surface area contributed by atoms with Gasteiger partial charge in [-0.25, -0.2) is 9.97 Å². The summed E-state index contributed by atoms with van der Waals surface area (Å²) in [4.78, 5) is 13.7. The van der Waals surface area contributed by atoms with Crippen LogP contribution in [-0.2, 0) is 5.54 Å². The second-order valence-corrected chi connectivity index (χ2v) is 9.16. The van der Waals surface area contributed by atoms with Crippen LogP contribution in [0.2, 0.25) is 0 Å². The lowest BCUT2D eigenvalue weighted by Crippen LogP contribution is -2.55. The SMILES string of the molecule is C#Cc1c(-c2cnc3ccccc3c2)c2c(N)ncnc2n1C12CCC(N)(CC1)CC2. The molecule has 0 spiro atoms. The van der Waals surface area contributed by atoms with Gasteiger partial charge in [-0.1, -0.05) is 24.1 Å². The maximum atomic E-state index is 6.59. The second kappa shape index (κ2) is 6.29. The van der Waals surface area contributed by atoms with E-state index in [0.29, 0.717) is 5.82 Å². The quantitative estimate of drug-likeness (QED) is 0.489. The lowest BCUT2D eigenvalue weighted by atomic mass is 9.62. The number of terminal acetylenes is 1. The summed E-state index contributed by atoms with van der Waals surface area (Å²) in [5.41, 5.74) is 17.3. The monoisotopic (exact) mass is 408 g/mol. The highest BCUT2D eigenvalue weighted by Crippen LogP contribution is 2.53. The van der Waals surface area contributed by atoms with Gasteiger partial charge in [0, 0.05) is 33.8 Å². The molecule has 6 heteroatoms. The van der Waals surface area contributed by atoms with Gasteiger partial charge in [0.1, 0.15) is 23.5 Å². The Balaban J connectivity index is 1.67. The summed E-state index contributed by atoms with van der Waals surface area (Å²) in [6.07, 6.45) is 15.6. The van der Waals surface area contributed by atoms with Crippen LogP contribution in [0.25, 0.3) is 33.1 Å². The molecular formula is C25H24N6. The van der Waals surface area contributed by atoms with Gasteiger partial charge in [0.2, 0.25) is 0 Å². The predicted molar refractivity (Wildman–Crippen MR) is 123 cm³/mol. The fraction of sp³-hybridized carbons (Fsp3) is 0.320. The molecule has 3 fully saturated rings. The van der Waals surface area contributed by atoms with Gasteiger partial charge in [-0.15, -0.1) is 6.42 Å². The molecule has 154 valence electrons. The van der Waals surface area contributed by atoms with Crippen molar-refractivity contribution in [2.75, 3.05) is 5.73 Å². The summed E-state index contributed by atoms with van der Waals surface area (Å²) in [6, 6.07) is 10.2. The van der Waals surface area contributed by atoms with Crippen LogP contribution in [0.3, 0.4) is 0 Å². The lowest BCUT2D eigenvalue weighted by molar-refractivity contribution is 0.0563. The minimum atomic E-state index is -0.0790. The van der Waals surface area contributed by atoms with E-state index in [-0.39, 0.29) is 11.1 Å². The van der Waals surface area contributed by atoms with Crippen molar-refractivity contribution in [1.29, 1.82) is 0 Å². The van der Waals surface area contributed by atoms with E-state index in [9.17, 15) is 0 Å². The van der Waals surface area contributed by atoms with Crippen LogP contribution >= 0.6 is 0 Å². The molecule has 3 heterocycles. The minimum absolute atomic E-state index is 0.0277. The number of hydrogen-bond acceptors (Lipinski definition) is 5. The van der Waals surface area contributed by atoms with Gasteiger partial charge >= 0.3 is 0 Å². The van der Waals surface area contributed by atoms with E-state index in [0.717, 1.165) is 77.3 Å². The normalized spacial score (nSPS) is 25.2. The third-order valence-corrected chi connectivity index (χ3v) is 7.53. The van der Waals surface area contributed by atoms with Crippen molar-refractivity contribution in [3.63, 3.8) is 0 Å². The molecule has 4 N–H and O–H groups in total. The topological polar surface area (TPSA) is 95.6 Å². The summed E-state index contributed by atoms with van der Waals surface area (Å²) in [7, 11) is 0. The van der Waals surface area contributed by atoms with Crippen molar-refractivity contribution in [2.45, 2.75) is 49.6 Å². The maximum absolute atomic E-state index is 6.59. The molecule has 0 atom stereocenters. The molecule has 0 amide bonds. The Morgan fingerprint density at radius 3 is 2.48 bits per heavy atom. The zero-order valence-electron chi connectivity index (χ0n) is 17.3. The summed E-state index contributed by atoms with van der Waals surface area (Å²) in [5, 5.41) is 1.87. The molecule has 6 nitrogen and oxygen atoms in total. The predicted octanol–water partition coefficient (Wildman–Crippen LogP) is 3.97. The summed E-state index contributed by atoms with van der Waals surface area (Å²) in [5.74, 6) is 3.44. The Morgan fingerprint density at radius 2 is 1.74 bits per heavy atom. The van der Waals surface area contributed by atoms with Crippen LogP contribution in [-0.4, -0.2) is 25.1 Å². The molecule has 0 radical (unpaired) electrons. The number of fused-ring (bicyclic) bond motifs is 5.